The van der Waals surface area contributed by atoms with Crippen LogP contribution in [0.5, 0.6) is 11.5 Å². The van der Waals surface area contributed by atoms with Gasteiger partial charge in [-0.3, -0.25) is 0 Å². The van der Waals surface area contributed by atoms with E-state index in [1.54, 1.807) is 38.6 Å². The van der Waals surface area contributed by atoms with E-state index < -0.39 is 0 Å². The molecule has 3 N–H and O–H groups in total. The first kappa shape index (κ1) is 16.5. The van der Waals surface area contributed by atoms with E-state index in [1.165, 1.54) is 12.1 Å². The summed E-state index contributed by atoms with van der Waals surface area (Å²) in [5.41, 5.74) is 7.90. The number of nitrogen functional groups attached to an aromatic ring is 1. The van der Waals surface area contributed by atoms with E-state index >= 15 is 0 Å². The number of nitrogens with zero attached hydrogens (tertiary/aromatic N) is 2. The molecule has 0 radical (unpaired) electrons. The van der Waals surface area contributed by atoms with E-state index in [1.807, 2.05) is 12.1 Å². The second-order valence-electron chi connectivity index (χ2n) is 5.22. The summed E-state index contributed by atoms with van der Waals surface area (Å²) < 4.78 is 23.7. The van der Waals surface area contributed by atoms with Gasteiger partial charge in [0.1, 0.15) is 23.1 Å². The third-order valence-corrected chi connectivity index (χ3v) is 3.58. The zero-order chi connectivity index (χ0) is 17.8. The van der Waals surface area contributed by atoms with Crippen molar-refractivity contribution in [3.63, 3.8) is 0 Å². The van der Waals surface area contributed by atoms with Crippen molar-refractivity contribution in [2.75, 3.05) is 25.3 Å². The number of nitrogens with one attached hydrogen (secondary N) is 1. The molecule has 0 fully saturated rings. The Kier molecular flexibility index (Phi) is 4.65. The highest BCUT2D eigenvalue weighted by molar-refractivity contribution is 5.79. The van der Waals surface area contributed by atoms with Gasteiger partial charge in [-0.2, -0.15) is 4.98 Å². The van der Waals surface area contributed by atoms with Gasteiger partial charge >= 0.3 is 0 Å². The quantitative estimate of drug-likeness (QED) is 0.738. The van der Waals surface area contributed by atoms with Gasteiger partial charge in [-0.15, -0.1) is 0 Å². The Hall–Kier alpha value is -3.35. The molecule has 1 heterocycles. The number of hydrogen-bond acceptors (Lipinski definition) is 6. The summed E-state index contributed by atoms with van der Waals surface area (Å²) in [5, 5.41) is 3.13. The number of halogens is 1. The summed E-state index contributed by atoms with van der Waals surface area (Å²) in [6.45, 7) is 0. The first-order valence-electron chi connectivity index (χ1n) is 7.47. The molecule has 1 aromatic heterocycles. The second-order valence-corrected chi connectivity index (χ2v) is 5.22. The fraction of sp³-hybridized carbons (Fsp3) is 0.111. The normalized spacial score (nSPS) is 10.4. The summed E-state index contributed by atoms with van der Waals surface area (Å²) in [4.78, 5) is 8.33. The zero-order valence-electron chi connectivity index (χ0n) is 13.8. The van der Waals surface area contributed by atoms with Gasteiger partial charge in [-0.1, -0.05) is 0 Å². The molecule has 6 nitrogen and oxygen atoms in total. The van der Waals surface area contributed by atoms with Crippen LogP contribution in [0.3, 0.4) is 0 Å². The van der Waals surface area contributed by atoms with Crippen LogP contribution in [0.1, 0.15) is 0 Å². The molecule has 0 unspecified atom stereocenters. The molecule has 0 saturated heterocycles. The number of aromatic nitrogens is 2. The lowest BCUT2D eigenvalue weighted by Crippen LogP contribution is -2.02. The van der Waals surface area contributed by atoms with Crippen LogP contribution in [0.4, 0.5) is 21.8 Å². The molecule has 0 aliphatic rings. The van der Waals surface area contributed by atoms with Crippen molar-refractivity contribution in [2.45, 2.75) is 0 Å². The van der Waals surface area contributed by atoms with E-state index in [2.05, 4.69) is 15.3 Å². The highest BCUT2D eigenvalue weighted by Gasteiger charge is 2.12. The SMILES string of the molecule is COc1cc(OC)cc(-c2cnc(N)nc2Nc2ccc(F)cc2)c1. The number of ether oxygens (including phenoxy) is 2. The largest absolute Gasteiger partial charge is 0.497 e. The Morgan fingerprint density at radius 2 is 1.64 bits per heavy atom. The van der Waals surface area contributed by atoms with E-state index in [0.717, 1.165) is 5.56 Å². The van der Waals surface area contributed by atoms with E-state index in [-0.39, 0.29) is 11.8 Å². The fourth-order valence-electron chi connectivity index (χ4n) is 2.33. The Labute approximate surface area is 144 Å². The topological polar surface area (TPSA) is 82.3 Å². The van der Waals surface area contributed by atoms with Crippen molar-refractivity contribution in [2.24, 2.45) is 0 Å². The monoisotopic (exact) mass is 340 g/mol. The van der Waals surface area contributed by atoms with Gasteiger partial charge in [0.25, 0.3) is 0 Å². The maximum Gasteiger partial charge on any atom is 0.221 e. The lowest BCUT2D eigenvalue weighted by atomic mass is 10.1. The van der Waals surface area contributed by atoms with Crippen LogP contribution in [0.15, 0.2) is 48.7 Å². The van der Waals surface area contributed by atoms with Crippen molar-refractivity contribution in [1.29, 1.82) is 0 Å². The van der Waals surface area contributed by atoms with E-state index in [4.69, 9.17) is 15.2 Å². The predicted molar refractivity (Wildman–Crippen MR) is 94.7 cm³/mol. The number of benzene rings is 2. The van der Waals surface area contributed by atoms with Gasteiger partial charge in [0.2, 0.25) is 5.95 Å². The van der Waals surface area contributed by atoms with Crippen LogP contribution in [0.25, 0.3) is 11.1 Å². The molecule has 0 atom stereocenters. The molecule has 25 heavy (non-hydrogen) atoms. The second kappa shape index (κ2) is 7.04. The van der Waals surface area contributed by atoms with Crippen LogP contribution in [-0.4, -0.2) is 24.2 Å². The summed E-state index contributed by atoms with van der Waals surface area (Å²) in [7, 11) is 3.16. The van der Waals surface area contributed by atoms with Crippen LogP contribution < -0.4 is 20.5 Å². The molecule has 3 aromatic rings. The summed E-state index contributed by atoms with van der Waals surface area (Å²) in [6, 6.07) is 11.4. The van der Waals surface area contributed by atoms with Crippen LogP contribution in [-0.2, 0) is 0 Å². The van der Waals surface area contributed by atoms with Gasteiger partial charge in [0.05, 0.1) is 14.2 Å². The third-order valence-electron chi connectivity index (χ3n) is 3.58. The molecule has 0 saturated carbocycles. The van der Waals surface area contributed by atoms with E-state index in [9.17, 15) is 4.39 Å². The highest BCUT2D eigenvalue weighted by Crippen LogP contribution is 2.34. The average Bonchev–Trinajstić information content (AvgIpc) is 2.63. The lowest BCUT2D eigenvalue weighted by molar-refractivity contribution is 0.394. The van der Waals surface area contributed by atoms with Crippen LogP contribution in [0.2, 0.25) is 0 Å². The number of rotatable bonds is 5. The molecule has 0 amide bonds. The Morgan fingerprint density at radius 1 is 1.00 bits per heavy atom. The minimum atomic E-state index is -0.314. The van der Waals surface area contributed by atoms with Crippen LogP contribution >= 0.6 is 0 Å². The summed E-state index contributed by atoms with van der Waals surface area (Å²) in [6.07, 6.45) is 1.61. The first-order chi connectivity index (χ1) is 12.1. The standard InChI is InChI=1S/C18H17FN4O2/c1-24-14-7-11(8-15(9-14)25-2)16-10-21-18(20)23-17(16)22-13-5-3-12(19)4-6-13/h3-10H,1-2H3,(H3,20,21,22,23). The summed E-state index contributed by atoms with van der Waals surface area (Å²) >= 11 is 0. The fourth-order valence-corrected chi connectivity index (χ4v) is 2.33. The third kappa shape index (κ3) is 3.77. The van der Waals surface area contributed by atoms with Crippen molar-refractivity contribution in [3.05, 3.63) is 54.5 Å². The minimum absolute atomic E-state index is 0.128. The first-order valence-corrected chi connectivity index (χ1v) is 7.47. The Balaban J connectivity index is 2.06. The van der Waals surface area contributed by atoms with Crippen LogP contribution in [0, 0.1) is 5.82 Å². The Bertz CT molecular complexity index is 862. The average molecular weight is 340 g/mol. The van der Waals surface area contributed by atoms with Gasteiger partial charge < -0.3 is 20.5 Å². The van der Waals surface area contributed by atoms with Crippen molar-refractivity contribution < 1.29 is 13.9 Å². The predicted octanol–water partition coefficient (Wildman–Crippen LogP) is 3.63. The maximum atomic E-state index is 13.1. The van der Waals surface area contributed by atoms with Crippen molar-refractivity contribution in [1.82, 2.24) is 9.97 Å². The molecule has 7 heteroatoms. The molecule has 2 aromatic carbocycles. The van der Waals surface area contributed by atoms with Gasteiger partial charge in [0.15, 0.2) is 0 Å². The van der Waals surface area contributed by atoms with Gasteiger partial charge in [-0.05, 0) is 42.0 Å². The summed E-state index contributed by atoms with van der Waals surface area (Å²) in [5.74, 6) is 1.58. The lowest BCUT2D eigenvalue weighted by Gasteiger charge is -2.13. The van der Waals surface area contributed by atoms with Crippen molar-refractivity contribution >= 4 is 17.5 Å². The van der Waals surface area contributed by atoms with Gasteiger partial charge in [0, 0.05) is 23.5 Å². The number of nitrogens with two attached hydrogens (primary N) is 1. The highest BCUT2D eigenvalue weighted by atomic mass is 19.1. The Morgan fingerprint density at radius 3 is 2.24 bits per heavy atom. The molecule has 0 aliphatic carbocycles. The molecule has 0 bridgehead atoms. The molecule has 128 valence electrons. The smallest absolute Gasteiger partial charge is 0.221 e. The number of hydrogen-bond donors (Lipinski definition) is 2. The minimum Gasteiger partial charge on any atom is -0.497 e. The van der Waals surface area contributed by atoms with Gasteiger partial charge in [-0.25, -0.2) is 9.37 Å². The number of methoxy groups -OCH3 is 2. The zero-order valence-corrected chi connectivity index (χ0v) is 13.8. The van der Waals surface area contributed by atoms with E-state index in [0.29, 0.717) is 28.6 Å². The molecule has 0 aliphatic heterocycles. The maximum absolute atomic E-state index is 13.1. The molecule has 0 spiro atoms. The molecule has 3 rings (SSSR count). The van der Waals surface area contributed by atoms with Crippen molar-refractivity contribution in [3.8, 4) is 22.6 Å². The number of anilines is 3. The molecular formula is C18H17FN4O2. The molecular weight excluding hydrogens is 323 g/mol.